The van der Waals surface area contributed by atoms with Crippen molar-refractivity contribution in [2.24, 2.45) is 7.05 Å². The van der Waals surface area contributed by atoms with E-state index in [1.807, 2.05) is 13.2 Å². The lowest BCUT2D eigenvalue weighted by Gasteiger charge is -2.21. The van der Waals surface area contributed by atoms with Crippen LogP contribution in [-0.2, 0) is 23.2 Å². The molecule has 1 atom stereocenters. The van der Waals surface area contributed by atoms with Gasteiger partial charge in [-0.25, -0.2) is 0 Å². The second-order valence-corrected chi connectivity index (χ2v) is 3.91. The van der Waals surface area contributed by atoms with Crippen molar-refractivity contribution in [2.75, 3.05) is 0 Å². The van der Waals surface area contributed by atoms with E-state index in [0.29, 0.717) is 19.4 Å². The molecule has 16 heavy (non-hydrogen) atoms. The molecule has 0 saturated carbocycles. The quantitative estimate of drug-likeness (QED) is 0.664. The number of nitrogens with one attached hydrogen (secondary N) is 2. The molecule has 0 aromatic carbocycles. The SMILES string of the molecule is Cn1cc(CNC2CCC(=O)NC2=O)cn1. The van der Waals surface area contributed by atoms with E-state index in [-0.39, 0.29) is 17.9 Å². The van der Waals surface area contributed by atoms with Crippen LogP contribution in [-0.4, -0.2) is 27.6 Å². The highest BCUT2D eigenvalue weighted by Crippen LogP contribution is 2.05. The Morgan fingerprint density at radius 2 is 2.44 bits per heavy atom. The number of aryl methyl sites for hydroxylation is 1. The molecule has 2 heterocycles. The van der Waals surface area contributed by atoms with Gasteiger partial charge in [0.25, 0.3) is 0 Å². The molecule has 0 spiro atoms. The van der Waals surface area contributed by atoms with Gasteiger partial charge < -0.3 is 5.32 Å². The minimum atomic E-state index is -0.280. The molecule has 1 aromatic heterocycles. The molecule has 2 rings (SSSR count). The third-order valence-corrected chi connectivity index (χ3v) is 2.55. The Balaban J connectivity index is 1.86. The molecule has 0 aliphatic carbocycles. The van der Waals surface area contributed by atoms with Crippen molar-refractivity contribution in [3.05, 3.63) is 18.0 Å². The van der Waals surface area contributed by atoms with Gasteiger partial charge in [0.2, 0.25) is 11.8 Å². The van der Waals surface area contributed by atoms with Crippen LogP contribution < -0.4 is 10.6 Å². The summed E-state index contributed by atoms with van der Waals surface area (Å²) < 4.78 is 1.71. The van der Waals surface area contributed by atoms with E-state index in [0.717, 1.165) is 5.56 Å². The highest BCUT2D eigenvalue weighted by atomic mass is 16.2. The molecule has 6 nitrogen and oxygen atoms in total. The van der Waals surface area contributed by atoms with E-state index in [2.05, 4.69) is 15.7 Å². The normalized spacial score (nSPS) is 20.9. The number of hydrogen-bond donors (Lipinski definition) is 2. The molecule has 1 aliphatic rings. The van der Waals surface area contributed by atoms with Gasteiger partial charge in [0, 0.05) is 31.8 Å². The summed E-state index contributed by atoms with van der Waals surface area (Å²) in [5.74, 6) is -0.426. The number of imide groups is 1. The van der Waals surface area contributed by atoms with Gasteiger partial charge in [-0.05, 0) is 6.42 Å². The average molecular weight is 222 g/mol. The Kier molecular flexibility index (Phi) is 3.00. The van der Waals surface area contributed by atoms with Crippen LogP contribution in [0.15, 0.2) is 12.4 Å². The van der Waals surface area contributed by atoms with Crippen LogP contribution in [0.25, 0.3) is 0 Å². The highest BCUT2D eigenvalue weighted by Gasteiger charge is 2.25. The van der Waals surface area contributed by atoms with Crippen molar-refractivity contribution in [1.29, 1.82) is 0 Å². The summed E-state index contributed by atoms with van der Waals surface area (Å²) in [4.78, 5) is 22.3. The fourth-order valence-corrected chi connectivity index (χ4v) is 1.69. The molecule has 1 aliphatic heterocycles. The number of rotatable bonds is 3. The van der Waals surface area contributed by atoms with Crippen LogP contribution in [0, 0.1) is 0 Å². The average Bonchev–Trinajstić information content (AvgIpc) is 2.63. The van der Waals surface area contributed by atoms with Crippen molar-refractivity contribution >= 4 is 11.8 Å². The fourth-order valence-electron chi connectivity index (χ4n) is 1.69. The predicted molar refractivity (Wildman–Crippen MR) is 56.2 cm³/mol. The minimum absolute atomic E-state index is 0.190. The lowest BCUT2D eigenvalue weighted by molar-refractivity contribution is -0.134. The van der Waals surface area contributed by atoms with Gasteiger partial charge >= 0.3 is 0 Å². The first-order valence-corrected chi connectivity index (χ1v) is 5.20. The maximum absolute atomic E-state index is 11.4. The largest absolute Gasteiger partial charge is 0.302 e. The molecule has 1 fully saturated rings. The predicted octanol–water partition coefficient (Wildman–Crippen LogP) is -0.685. The summed E-state index contributed by atoms with van der Waals surface area (Å²) in [6.07, 6.45) is 4.60. The Labute approximate surface area is 93.0 Å². The molecule has 2 amide bonds. The molecular formula is C10H14N4O2. The molecule has 0 bridgehead atoms. The maximum atomic E-state index is 11.4. The van der Waals surface area contributed by atoms with Gasteiger partial charge in [0.05, 0.1) is 12.2 Å². The van der Waals surface area contributed by atoms with Gasteiger partial charge in [-0.2, -0.15) is 5.10 Å². The first kappa shape index (κ1) is 10.8. The standard InChI is InChI=1S/C10H14N4O2/c1-14-6-7(5-12-14)4-11-8-2-3-9(15)13-10(8)16/h5-6,8,11H,2-4H2,1H3,(H,13,15,16). The Hall–Kier alpha value is -1.69. The first-order chi connectivity index (χ1) is 7.65. The van der Waals surface area contributed by atoms with Crippen LogP contribution in [0.5, 0.6) is 0 Å². The van der Waals surface area contributed by atoms with E-state index >= 15 is 0 Å². The number of carbonyl (C=O) groups excluding carboxylic acids is 2. The van der Waals surface area contributed by atoms with Crippen molar-refractivity contribution in [1.82, 2.24) is 20.4 Å². The van der Waals surface area contributed by atoms with Crippen LogP contribution in [0.3, 0.4) is 0 Å². The van der Waals surface area contributed by atoms with Crippen molar-refractivity contribution in [3.63, 3.8) is 0 Å². The first-order valence-electron chi connectivity index (χ1n) is 5.20. The van der Waals surface area contributed by atoms with Gasteiger partial charge in [0.1, 0.15) is 0 Å². The van der Waals surface area contributed by atoms with Crippen LogP contribution in [0.2, 0.25) is 0 Å². The Bertz CT molecular complexity index is 413. The Morgan fingerprint density at radius 1 is 1.62 bits per heavy atom. The second-order valence-electron chi connectivity index (χ2n) is 3.91. The molecule has 2 N–H and O–H groups in total. The number of aromatic nitrogens is 2. The number of piperidine rings is 1. The van der Waals surface area contributed by atoms with E-state index in [1.54, 1.807) is 10.9 Å². The van der Waals surface area contributed by atoms with Crippen LogP contribution in [0.4, 0.5) is 0 Å². The smallest absolute Gasteiger partial charge is 0.243 e. The molecule has 6 heteroatoms. The number of carbonyl (C=O) groups is 2. The maximum Gasteiger partial charge on any atom is 0.243 e. The molecule has 1 saturated heterocycles. The molecule has 86 valence electrons. The van der Waals surface area contributed by atoms with Crippen molar-refractivity contribution < 1.29 is 9.59 Å². The lowest BCUT2D eigenvalue weighted by Crippen LogP contribution is -2.50. The minimum Gasteiger partial charge on any atom is -0.302 e. The summed E-state index contributed by atoms with van der Waals surface area (Å²) in [6.45, 7) is 0.583. The summed E-state index contributed by atoms with van der Waals surface area (Å²) in [5.41, 5.74) is 1.02. The van der Waals surface area contributed by atoms with Crippen molar-refractivity contribution in [2.45, 2.75) is 25.4 Å². The number of amides is 2. The van der Waals surface area contributed by atoms with Crippen molar-refractivity contribution in [3.8, 4) is 0 Å². The van der Waals surface area contributed by atoms with E-state index in [9.17, 15) is 9.59 Å². The zero-order chi connectivity index (χ0) is 11.5. The van der Waals surface area contributed by atoms with Gasteiger partial charge in [-0.1, -0.05) is 0 Å². The number of nitrogens with zero attached hydrogens (tertiary/aromatic N) is 2. The molecule has 1 aromatic rings. The molecule has 1 unspecified atom stereocenters. The summed E-state index contributed by atoms with van der Waals surface area (Å²) in [5, 5.41) is 9.45. The fraction of sp³-hybridized carbons (Fsp3) is 0.500. The third kappa shape index (κ3) is 2.46. The van der Waals surface area contributed by atoms with Gasteiger partial charge in [-0.3, -0.25) is 19.6 Å². The monoisotopic (exact) mass is 222 g/mol. The molecule has 0 radical (unpaired) electrons. The lowest BCUT2D eigenvalue weighted by atomic mass is 10.1. The zero-order valence-electron chi connectivity index (χ0n) is 9.06. The number of hydrogen-bond acceptors (Lipinski definition) is 4. The topological polar surface area (TPSA) is 76.0 Å². The van der Waals surface area contributed by atoms with Gasteiger partial charge in [0.15, 0.2) is 0 Å². The molecular weight excluding hydrogens is 208 g/mol. The van der Waals surface area contributed by atoms with Crippen LogP contribution in [0.1, 0.15) is 18.4 Å². The second kappa shape index (κ2) is 4.44. The summed E-state index contributed by atoms with van der Waals surface area (Å²) in [6, 6.07) is -0.280. The highest BCUT2D eigenvalue weighted by molar-refractivity contribution is 6.00. The van der Waals surface area contributed by atoms with Crippen LogP contribution >= 0.6 is 0 Å². The zero-order valence-corrected chi connectivity index (χ0v) is 9.06. The van der Waals surface area contributed by atoms with E-state index < -0.39 is 0 Å². The van der Waals surface area contributed by atoms with Gasteiger partial charge in [-0.15, -0.1) is 0 Å². The summed E-state index contributed by atoms with van der Waals surface area (Å²) in [7, 11) is 1.84. The van der Waals surface area contributed by atoms with E-state index in [1.165, 1.54) is 0 Å². The Morgan fingerprint density at radius 3 is 3.06 bits per heavy atom. The summed E-state index contributed by atoms with van der Waals surface area (Å²) >= 11 is 0. The third-order valence-electron chi connectivity index (χ3n) is 2.55. The van der Waals surface area contributed by atoms with E-state index in [4.69, 9.17) is 0 Å².